The number of carbonyl (C=O) groups excluding carboxylic acids is 1. The molecule has 0 aromatic rings. The number of sulfonamides is 1. The largest absolute Gasteiger partial charge is 0.364 e. The van der Waals surface area contributed by atoms with Gasteiger partial charge in [-0.3, -0.25) is 4.79 Å². The molecule has 1 rings (SSSR count). The van der Waals surface area contributed by atoms with Gasteiger partial charge in [0.25, 0.3) is 0 Å². The molecule has 0 radical (unpaired) electrons. The predicted octanol–water partition coefficient (Wildman–Crippen LogP) is -0.298. The van der Waals surface area contributed by atoms with E-state index < -0.39 is 16.1 Å². The van der Waals surface area contributed by atoms with Gasteiger partial charge in [0, 0.05) is 26.2 Å². The van der Waals surface area contributed by atoms with E-state index in [1.807, 2.05) is 0 Å². The summed E-state index contributed by atoms with van der Waals surface area (Å²) >= 11 is 0. The van der Waals surface area contributed by atoms with E-state index in [0.717, 1.165) is 6.42 Å². The summed E-state index contributed by atoms with van der Waals surface area (Å²) in [6.07, 6.45) is 0.841. The highest BCUT2D eigenvalue weighted by atomic mass is 35.5. The lowest BCUT2D eigenvalue weighted by Gasteiger charge is -2.19. The van der Waals surface area contributed by atoms with E-state index in [1.165, 1.54) is 4.31 Å². The monoisotopic (exact) mass is 343 g/mol. The molecule has 0 spiro atoms. The van der Waals surface area contributed by atoms with Crippen LogP contribution in [-0.4, -0.2) is 62.8 Å². The maximum Gasteiger partial charge on any atom is 0.249 e. The first-order valence-electron chi connectivity index (χ1n) is 7.05. The molecule has 1 aliphatic heterocycles. The van der Waals surface area contributed by atoms with Crippen LogP contribution in [0.1, 0.15) is 26.7 Å². The highest BCUT2D eigenvalue weighted by Gasteiger charge is 2.30. The van der Waals surface area contributed by atoms with Crippen LogP contribution in [0, 0.1) is 0 Å². The molecule has 126 valence electrons. The Bertz CT molecular complexity index is 415. The summed E-state index contributed by atoms with van der Waals surface area (Å²) in [5.74, 6) is -0.344. The van der Waals surface area contributed by atoms with Crippen molar-refractivity contribution in [2.75, 3.05) is 31.9 Å². The summed E-state index contributed by atoms with van der Waals surface area (Å²) in [5.41, 5.74) is 5.48. The molecule has 1 amide bonds. The van der Waals surface area contributed by atoms with Gasteiger partial charge >= 0.3 is 0 Å². The summed E-state index contributed by atoms with van der Waals surface area (Å²) < 4.78 is 30.7. The standard InChI is InChI=1S/C12H25N3O4S.ClH/c1-3-15(4-2)20(17,18)8-7-14-12(16)11-6-5-10(9-13)19-11;/h10-11H,3-9,13H2,1-2H3,(H,14,16);1H/t10-,11+;/m1./s1. The van der Waals surface area contributed by atoms with Crippen molar-refractivity contribution in [2.45, 2.75) is 38.9 Å². The Morgan fingerprint density at radius 3 is 2.43 bits per heavy atom. The molecule has 0 saturated carbocycles. The lowest BCUT2D eigenvalue weighted by molar-refractivity contribution is -0.131. The Hall–Kier alpha value is -0.410. The second-order valence-corrected chi connectivity index (χ2v) is 6.84. The van der Waals surface area contributed by atoms with Crippen LogP contribution >= 0.6 is 12.4 Å². The van der Waals surface area contributed by atoms with Gasteiger partial charge < -0.3 is 15.8 Å². The van der Waals surface area contributed by atoms with Gasteiger partial charge in [0.15, 0.2) is 0 Å². The first kappa shape index (κ1) is 20.6. The second kappa shape index (κ2) is 9.58. The van der Waals surface area contributed by atoms with Gasteiger partial charge in [0.1, 0.15) is 6.10 Å². The summed E-state index contributed by atoms with van der Waals surface area (Å²) in [6.45, 7) is 4.97. The predicted molar refractivity (Wildman–Crippen MR) is 83.9 cm³/mol. The number of hydrogen-bond acceptors (Lipinski definition) is 5. The fourth-order valence-electron chi connectivity index (χ4n) is 2.24. The highest BCUT2D eigenvalue weighted by molar-refractivity contribution is 7.89. The third kappa shape index (κ3) is 6.07. The number of amides is 1. The van der Waals surface area contributed by atoms with E-state index in [9.17, 15) is 13.2 Å². The van der Waals surface area contributed by atoms with Gasteiger partial charge in [0.2, 0.25) is 15.9 Å². The van der Waals surface area contributed by atoms with Crippen molar-refractivity contribution in [1.29, 1.82) is 0 Å². The summed E-state index contributed by atoms with van der Waals surface area (Å²) in [4.78, 5) is 11.8. The fourth-order valence-corrected chi connectivity index (χ4v) is 3.64. The molecule has 2 atom stereocenters. The number of halogens is 1. The van der Waals surface area contributed by atoms with Crippen LogP contribution in [0.4, 0.5) is 0 Å². The third-order valence-corrected chi connectivity index (χ3v) is 5.44. The van der Waals surface area contributed by atoms with Crippen LogP contribution < -0.4 is 11.1 Å². The van der Waals surface area contributed by atoms with Crippen LogP contribution in [0.25, 0.3) is 0 Å². The van der Waals surface area contributed by atoms with Crippen LogP contribution in [-0.2, 0) is 19.6 Å². The molecular formula is C12H26ClN3O4S. The zero-order valence-corrected chi connectivity index (χ0v) is 14.2. The maximum absolute atomic E-state index is 11.9. The van der Waals surface area contributed by atoms with Crippen molar-refractivity contribution in [1.82, 2.24) is 9.62 Å². The zero-order valence-electron chi connectivity index (χ0n) is 12.6. The molecule has 0 bridgehead atoms. The molecule has 0 unspecified atom stereocenters. The average Bonchev–Trinajstić information content (AvgIpc) is 2.88. The highest BCUT2D eigenvalue weighted by Crippen LogP contribution is 2.18. The zero-order chi connectivity index (χ0) is 15.2. The van der Waals surface area contributed by atoms with E-state index >= 15 is 0 Å². The van der Waals surface area contributed by atoms with Crippen LogP contribution in [0.2, 0.25) is 0 Å². The molecule has 0 aliphatic carbocycles. The molecule has 1 saturated heterocycles. The van der Waals surface area contributed by atoms with Gasteiger partial charge in [-0.2, -0.15) is 0 Å². The van der Waals surface area contributed by atoms with E-state index in [0.29, 0.717) is 26.1 Å². The normalized spacial score (nSPS) is 22.1. The van der Waals surface area contributed by atoms with Gasteiger partial charge in [-0.1, -0.05) is 13.8 Å². The Kier molecular flexibility index (Phi) is 9.39. The first-order valence-corrected chi connectivity index (χ1v) is 8.66. The summed E-state index contributed by atoms with van der Waals surface area (Å²) in [5, 5.41) is 2.62. The van der Waals surface area contributed by atoms with E-state index in [4.69, 9.17) is 10.5 Å². The van der Waals surface area contributed by atoms with Crippen molar-refractivity contribution in [3.05, 3.63) is 0 Å². The van der Waals surface area contributed by atoms with Gasteiger partial charge in [-0.15, -0.1) is 12.4 Å². The summed E-state index contributed by atoms with van der Waals surface area (Å²) in [7, 11) is -3.30. The molecule has 7 nitrogen and oxygen atoms in total. The number of hydrogen-bond donors (Lipinski definition) is 2. The number of ether oxygens (including phenoxy) is 1. The Balaban J connectivity index is 0.00000400. The number of nitrogens with one attached hydrogen (secondary N) is 1. The number of nitrogens with two attached hydrogens (primary N) is 1. The lowest BCUT2D eigenvalue weighted by atomic mass is 10.2. The van der Waals surface area contributed by atoms with Crippen molar-refractivity contribution < 1.29 is 17.9 Å². The molecule has 0 aromatic carbocycles. The number of nitrogens with zero attached hydrogens (tertiary/aromatic N) is 1. The first-order chi connectivity index (χ1) is 9.44. The fraction of sp³-hybridized carbons (Fsp3) is 0.917. The van der Waals surface area contributed by atoms with Crippen LogP contribution in [0.3, 0.4) is 0 Å². The van der Waals surface area contributed by atoms with Gasteiger partial charge in [0.05, 0.1) is 11.9 Å². The molecular weight excluding hydrogens is 318 g/mol. The Morgan fingerprint density at radius 2 is 1.95 bits per heavy atom. The maximum atomic E-state index is 11.9. The molecule has 9 heteroatoms. The van der Waals surface area contributed by atoms with E-state index in [-0.39, 0.29) is 36.7 Å². The molecule has 21 heavy (non-hydrogen) atoms. The van der Waals surface area contributed by atoms with Crippen molar-refractivity contribution >= 4 is 28.3 Å². The molecule has 1 aliphatic rings. The summed E-state index contributed by atoms with van der Waals surface area (Å²) in [6, 6.07) is 0. The minimum absolute atomic E-state index is 0. The lowest BCUT2D eigenvalue weighted by Crippen LogP contribution is -2.41. The average molecular weight is 344 g/mol. The SMILES string of the molecule is CCN(CC)S(=O)(=O)CCNC(=O)[C@@H]1CC[C@H](CN)O1.Cl. The molecule has 1 heterocycles. The topological polar surface area (TPSA) is 102 Å². The van der Waals surface area contributed by atoms with E-state index in [1.54, 1.807) is 13.8 Å². The van der Waals surface area contributed by atoms with E-state index in [2.05, 4.69) is 5.32 Å². The molecule has 3 N–H and O–H groups in total. The van der Waals surface area contributed by atoms with Crippen LogP contribution in [0.5, 0.6) is 0 Å². The van der Waals surface area contributed by atoms with Crippen molar-refractivity contribution in [2.24, 2.45) is 5.73 Å². The third-order valence-electron chi connectivity index (χ3n) is 3.42. The quantitative estimate of drug-likeness (QED) is 0.630. The Morgan fingerprint density at radius 1 is 1.33 bits per heavy atom. The van der Waals surface area contributed by atoms with Gasteiger partial charge in [-0.25, -0.2) is 12.7 Å². The van der Waals surface area contributed by atoms with Crippen molar-refractivity contribution in [3.63, 3.8) is 0 Å². The number of carbonyl (C=O) groups is 1. The minimum atomic E-state index is -3.30. The van der Waals surface area contributed by atoms with Gasteiger partial charge in [-0.05, 0) is 12.8 Å². The smallest absolute Gasteiger partial charge is 0.249 e. The molecule has 1 fully saturated rings. The molecule has 0 aromatic heterocycles. The van der Waals surface area contributed by atoms with Crippen LogP contribution in [0.15, 0.2) is 0 Å². The van der Waals surface area contributed by atoms with Crippen molar-refractivity contribution in [3.8, 4) is 0 Å². The Labute approximate surface area is 133 Å². The second-order valence-electron chi connectivity index (χ2n) is 4.75. The number of rotatable bonds is 8. The minimum Gasteiger partial charge on any atom is -0.364 e.